The van der Waals surface area contributed by atoms with Gasteiger partial charge in [0.1, 0.15) is 0 Å². The molecule has 1 amide bonds. The lowest BCUT2D eigenvalue weighted by molar-refractivity contribution is -0.0757. The lowest BCUT2D eigenvalue weighted by atomic mass is 10.2. The summed E-state index contributed by atoms with van der Waals surface area (Å²) in [5.74, 6) is -2.67. The Kier molecular flexibility index (Phi) is 3.76. The van der Waals surface area contributed by atoms with Gasteiger partial charge in [0.2, 0.25) is 0 Å². The SMILES string of the molecule is CON(C)C(=O)c1cc(F)c(F)c(Br)c1. The molecule has 82 valence electrons. The van der Waals surface area contributed by atoms with Gasteiger partial charge in [-0.2, -0.15) is 0 Å². The van der Waals surface area contributed by atoms with E-state index in [4.69, 9.17) is 0 Å². The van der Waals surface area contributed by atoms with Gasteiger partial charge in [0.05, 0.1) is 11.6 Å². The van der Waals surface area contributed by atoms with Crippen LogP contribution in [-0.2, 0) is 4.84 Å². The van der Waals surface area contributed by atoms with Crippen molar-refractivity contribution in [2.45, 2.75) is 0 Å². The molecule has 0 bridgehead atoms. The molecule has 0 saturated carbocycles. The van der Waals surface area contributed by atoms with Gasteiger partial charge in [0, 0.05) is 12.6 Å². The Morgan fingerprint density at radius 2 is 2.07 bits per heavy atom. The van der Waals surface area contributed by atoms with Crippen molar-refractivity contribution in [2.24, 2.45) is 0 Å². The summed E-state index contributed by atoms with van der Waals surface area (Å²) in [7, 11) is 2.67. The molecule has 0 aliphatic heterocycles. The third-order valence-electron chi connectivity index (χ3n) is 1.79. The largest absolute Gasteiger partial charge is 0.277 e. The third-order valence-corrected chi connectivity index (χ3v) is 2.37. The zero-order valence-corrected chi connectivity index (χ0v) is 9.64. The highest BCUT2D eigenvalue weighted by Crippen LogP contribution is 2.21. The smallest absolute Gasteiger partial charge is 0.274 e. The van der Waals surface area contributed by atoms with Crippen molar-refractivity contribution in [2.75, 3.05) is 14.2 Å². The van der Waals surface area contributed by atoms with Crippen molar-refractivity contribution in [3.63, 3.8) is 0 Å². The van der Waals surface area contributed by atoms with E-state index in [0.717, 1.165) is 11.1 Å². The first-order chi connectivity index (χ1) is 6.97. The molecule has 15 heavy (non-hydrogen) atoms. The second kappa shape index (κ2) is 4.67. The highest BCUT2D eigenvalue weighted by Gasteiger charge is 2.16. The van der Waals surface area contributed by atoms with Crippen LogP contribution in [0.25, 0.3) is 0 Å². The van der Waals surface area contributed by atoms with Gasteiger partial charge < -0.3 is 0 Å². The van der Waals surface area contributed by atoms with E-state index in [-0.39, 0.29) is 10.0 Å². The van der Waals surface area contributed by atoms with Gasteiger partial charge in [0.25, 0.3) is 5.91 Å². The van der Waals surface area contributed by atoms with Crippen molar-refractivity contribution in [1.29, 1.82) is 0 Å². The van der Waals surface area contributed by atoms with Gasteiger partial charge in [0.15, 0.2) is 11.6 Å². The molecule has 0 saturated heterocycles. The molecular weight excluding hydrogens is 272 g/mol. The number of carbonyl (C=O) groups excluding carboxylic acids is 1. The number of halogens is 3. The van der Waals surface area contributed by atoms with Gasteiger partial charge in [-0.05, 0) is 28.1 Å². The lowest BCUT2D eigenvalue weighted by Gasteiger charge is -2.13. The lowest BCUT2D eigenvalue weighted by Crippen LogP contribution is -2.25. The number of nitrogens with zero attached hydrogens (tertiary/aromatic N) is 1. The van der Waals surface area contributed by atoms with Crippen LogP contribution in [0.3, 0.4) is 0 Å². The average Bonchev–Trinajstić information content (AvgIpc) is 2.23. The van der Waals surface area contributed by atoms with E-state index in [0.29, 0.717) is 0 Å². The first kappa shape index (κ1) is 12.1. The zero-order chi connectivity index (χ0) is 11.6. The van der Waals surface area contributed by atoms with E-state index in [9.17, 15) is 13.6 Å². The molecule has 6 heteroatoms. The molecule has 0 atom stereocenters. The van der Waals surface area contributed by atoms with Gasteiger partial charge in [-0.25, -0.2) is 13.8 Å². The van der Waals surface area contributed by atoms with Gasteiger partial charge in [-0.3, -0.25) is 9.63 Å². The van der Waals surface area contributed by atoms with Gasteiger partial charge >= 0.3 is 0 Å². The number of rotatable bonds is 2. The molecule has 1 rings (SSSR count). The fourth-order valence-corrected chi connectivity index (χ4v) is 1.38. The normalized spacial score (nSPS) is 10.2. The number of benzene rings is 1. The molecular formula is C9H8BrF2NO2. The maximum atomic E-state index is 13.0. The Bertz CT molecular complexity index is 375. The van der Waals surface area contributed by atoms with Crippen LogP contribution in [0.2, 0.25) is 0 Å². The summed E-state index contributed by atoms with van der Waals surface area (Å²) < 4.78 is 25.7. The van der Waals surface area contributed by atoms with Crippen molar-refractivity contribution in [1.82, 2.24) is 5.06 Å². The van der Waals surface area contributed by atoms with Gasteiger partial charge in [-0.15, -0.1) is 0 Å². The Morgan fingerprint density at radius 1 is 1.47 bits per heavy atom. The maximum Gasteiger partial charge on any atom is 0.277 e. The first-order valence-corrected chi connectivity index (χ1v) is 4.73. The summed E-state index contributed by atoms with van der Waals surface area (Å²) in [6, 6.07) is 2.01. The molecule has 0 fully saturated rings. The standard InChI is InChI=1S/C9H8BrF2NO2/c1-13(15-2)9(14)5-3-6(10)8(12)7(11)4-5/h3-4H,1-2H3. The predicted molar refractivity (Wildman–Crippen MR) is 53.2 cm³/mol. The van der Waals surface area contributed by atoms with E-state index >= 15 is 0 Å². The maximum absolute atomic E-state index is 13.0. The summed E-state index contributed by atoms with van der Waals surface area (Å²) in [5, 5.41) is 0.916. The van der Waals surface area contributed by atoms with Crippen LogP contribution in [0.1, 0.15) is 10.4 Å². The predicted octanol–water partition coefficient (Wildman–Crippen LogP) is 2.36. The summed E-state index contributed by atoms with van der Waals surface area (Å²) in [6.45, 7) is 0. The first-order valence-electron chi connectivity index (χ1n) is 3.94. The zero-order valence-electron chi connectivity index (χ0n) is 8.05. The Morgan fingerprint density at radius 3 is 2.53 bits per heavy atom. The number of hydroxylamine groups is 2. The number of hydrogen-bond donors (Lipinski definition) is 0. The second-order valence-electron chi connectivity index (χ2n) is 2.74. The highest BCUT2D eigenvalue weighted by atomic mass is 79.9. The quantitative estimate of drug-likeness (QED) is 0.615. The van der Waals surface area contributed by atoms with Crippen molar-refractivity contribution >= 4 is 21.8 Å². The fraction of sp³-hybridized carbons (Fsp3) is 0.222. The minimum Gasteiger partial charge on any atom is -0.274 e. The molecule has 0 unspecified atom stereocenters. The van der Waals surface area contributed by atoms with E-state index in [1.54, 1.807) is 0 Å². The van der Waals surface area contributed by atoms with E-state index in [2.05, 4.69) is 20.8 Å². The molecule has 0 aliphatic rings. The minimum atomic E-state index is -1.09. The second-order valence-corrected chi connectivity index (χ2v) is 3.59. The Labute approximate surface area is 93.7 Å². The average molecular weight is 280 g/mol. The van der Waals surface area contributed by atoms with E-state index in [1.807, 2.05) is 0 Å². The van der Waals surface area contributed by atoms with Crippen LogP contribution >= 0.6 is 15.9 Å². The summed E-state index contributed by atoms with van der Waals surface area (Å²) in [5.41, 5.74) is 0.00475. The minimum absolute atomic E-state index is 0.00475. The monoisotopic (exact) mass is 279 g/mol. The van der Waals surface area contributed by atoms with Crippen molar-refractivity contribution in [3.05, 3.63) is 33.8 Å². The Hall–Kier alpha value is -1.01. The van der Waals surface area contributed by atoms with Crippen LogP contribution in [0, 0.1) is 11.6 Å². The number of amides is 1. The van der Waals surface area contributed by atoms with E-state index < -0.39 is 17.5 Å². The molecule has 0 radical (unpaired) electrons. The molecule has 0 aromatic heterocycles. The van der Waals surface area contributed by atoms with Crippen molar-refractivity contribution in [3.8, 4) is 0 Å². The van der Waals surface area contributed by atoms with Gasteiger partial charge in [-0.1, -0.05) is 0 Å². The van der Waals surface area contributed by atoms with E-state index in [1.165, 1.54) is 20.2 Å². The Balaban J connectivity index is 3.12. The third kappa shape index (κ3) is 2.51. The van der Waals surface area contributed by atoms with Crippen LogP contribution in [0.5, 0.6) is 0 Å². The molecule has 0 aliphatic carbocycles. The summed E-state index contributed by atoms with van der Waals surface area (Å²) in [4.78, 5) is 16.1. The van der Waals surface area contributed by atoms with Crippen LogP contribution < -0.4 is 0 Å². The molecule has 0 N–H and O–H groups in total. The van der Waals surface area contributed by atoms with Crippen molar-refractivity contribution < 1.29 is 18.4 Å². The van der Waals surface area contributed by atoms with Crippen LogP contribution in [0.4, 0.5) is 8.78 Å². The molecule has 3 nitrogen and oxygen atoms in total. The summed E-state index contributed by atoms with van der Waals surface area (Å²) >= 11 is 2.81. The topological polar surface area (TPSA) is 29.5 Å². The molecule has 1 aromatic rings. The molecule has 1 aromatic carbocycles. The molecule has 0 heterocycles. The highest BCUT2D eigenvalue weighted by molar-refractivity contribution is 9.10. The summed E-state index contributed by atoms with van der Waals surface area (Å²) in [6.07, 6.45) is 0. The number of carbonyl (C=O) groups is 1. The number of hydrogen-bond acceptors (Lipinski definition) is 2. The molecule has 0 spiro atoms. The van der Waals surface area contributed by atoms with Crippen LogP contribution in [-0.4, -0.2) is 25.1 Å². The van der Waals surface area contributed by atoms with Crippen LogP contribution in [0.15, 0.2) is 16.6 Å². The fourth-order valence-electron chi connectivity index (χ4n) is 0.944.